The third-order valence-corrected chi connectivity index (χ3v) is 6.30. The van der Waals surface area contributed by atoms with Gasteiger partial charge in [0.2, 0.25) is 5.43 Å². The molecule has 36 heavy (non-hydrogen) atoms. The molecule has 9 nitrogen and oxygen atoms in total. The van der Waals surface area contributed by atoms with Gasteiger partial charge in [0.15, 0.2) is 17.6 Å². The summed E-state index contributed by atoms with van der Waals surface area (Å²) in [6.07, 6.45) is -0.542. The summed E-state index contributed by atoms with van der Waals surface area (Å²) in [5.74, 6) is -6.61. The monoisotopic (exact) mass is 510 g/mol. The second-order valence-electron chi connectivity index (χ2n) is 8.64. The highest BCUT2D eigenvalue weighted by atomic mass is 19.1. The lowest BCUT2D eigenvalue weighted by atomic mass is 9.99. The van der Waals surface area contributed by atoms with Crippen LogP contribution < -0.4 is 10.7 Å². The van der Waals surface area contributed by atoms with Gasteiger partial charge in [-0.25, -0.2) is 17.6 Å². The van der Waals surface area contributed by atoms with E-state index in [1.165, 1.54) is 11.8 Å². The topological polar surface area (TPSA) is 113 Å². The highest BCUT2D eigenvalue weighted by Crippen LogP contribution is 2.32. The van der Waals surface area contributed by atoms with E-state index < -0.39 is 82.1 Å². The SMILES string of the molecule is C/C1=N/OCC[C@H](C)N2C[C@H]([C@@H]1F)n1cc(C(=O)NCc3c(F)cc(F)cc3F)c(=O)c(O)c1C2=O. The molecule has 3 atom stereocenters. The average Bonchev–Trinajstić information content (AvgIpc) is 2.81. The molecule has 1 aromatic carbocycles. The number of carbonyl (C=O) groups is 2. The van der Waals surface area contributed by atoms with Crippen molar-refractivity contribution in [2.24, 2.45) is 5.16 Å². The van der Waals surface area contributed by atoms with Crippen LogP contribution in [-0.4, -0.2) is 57.5 Å². The number of amides is 2. The number of alkyl halides is 1. The maximum Gasteiger partial charge on any atom is 0.274 e. The number of halogens is 4. The molecule has 0 saturated heterocycles. The zero-order chi connectivity index (χ0) is 26.3. The predicted octanol–water partition coefficient (Wildman–Crippen LogP) is 2.42. The number of pyridine rings is 1. The summed E-state index contributed by atoms with van der Waals surface area (Å²) in [5, 5.41) is 16.5. The first-order valence-corrected chi connectivity index (χ1v) is 11.0. The lowest BCUT2D eigenvalue weighted by Crippen LogP contribution is -2.52. The summed E-state index contributed by atoms with van der Waals surface area (Å²) in [6.45, 7) is 2.30. The summed E-state index contributed by atoms with van der Waals surface area (Å²) in [5.41, 5.74) is -3.12. The van der Waals surface area contributed by atoms with Gasteiger partial charge < -0.3 is 24.7 Å². The number of nitrogens with one attached hydrogen (secondary N) is 1. The number of hydrogen-bond donors (Lipinski definition) is 2. The van der Waals surface area contributed by atoms with Crippen LogP contribution in [-0.2, 0) is 11.4 Å². The van der Waals surface area contributed by atoms with Crippen molar-refractivity contribution in [2.75, 3.05) is 13.2 Å². The summed E-state index contributed by atoms with van der Waals surface area (Å²) >= 11 is 0. The van der Waals surface area contributed by atoms with Gasteiger partial charge in [-0.3, -0.25) is 14.4 Å². The van der Waals surface area contributed by atoms with Crippen molar-refractivity contribution in [3.63, 3.8) is 0 Å². The number of aromatic nitrogens is 1. The van der Waals surface area contributed by atoms with E-state index in [-0.39, 0.29) is 18.9 Å². The van der Waals surface area contributed by atoms with Crippen LogP contribution in [0.5, 0.6) is 5.75 Å². The van der Waals surface area contributed by atoms with E-state index in [1.54, 1.807) is 6.92 Å². The maximum atomic E-state index is 15.4. The Labute approximate surface area is 201 Å². The number of carbonyl (C=O) groups excluding carboxylic acids is 2. The lowest BCUT2D eigenvalue weighted by Gasteiger charge is -2.40. The first-order chi connectivity index (χ1) is 17.0. The molecule has 2 bridgehead atoms. The standard InChI is InChI=1S/C23H22F4N4O5/c1-10-3-4-36-29-11(2)18(27)17-9-30(10)23(35)19-21(33)20(32)14(8-31(17)19)22(34)28-7-13-15(25)5-12(24)6-16(13)26/h5-6,8,10,17-18,33H,3-4,7,9H2,1-2H3,(H,28,34)/b29-11-/t10-,17+,18+/m0/s1. The van der Waals surface area contributed by atoms with Gasteiger partial charge in [0.25, 0.3) is 11.8 Å². The van der Waals surface area contributed by atoms with Gasteiger partial charge >= 0.3 is 0 Å². The highest BCUT2D eigenvalue weighted by Gasteiger charge is 2.41. The molecule has 2 aromatic rings. The Morgan fingerprint density at radius 3 is 2.58 bits per heavy atom. The number of nitrogens with zero attached hydrogens (tertiary/aromatic N) is 3. The summed E-state index contributed by atoms with van der Waals surface area (Å²) in [6, 6.07) is -0.753. The van der Waals surface area contributed by atoms with E-state index in [1.807, 2.05) is 0 Å². The molecular weight excluding hydrogens is 488 g/mol. The molecule has 1 aromatic heterocycles. The molecule has 2 amide bonds. The molecule has 0 unspecified atom stereocenters. The Morgan fingerprint density at radius 2 is 1.92 bits per heavy atom. The summed E-state index contributed by atoms with van der Waals surface area (Å²) in [7, 11) is 0. The quantitative estimate of drug-likeness (QED) is 0.616. The molecule has 192 valence electrons. The zero-order valence-electron chi connectivity index (χ0n) is 19.2. The molecule has 0 saturated carbocycles. The third kappa shape index (κ3) is 4.40. The van der Waals surface area contributed by atoms with E-state index >= 15 is 4.39 Å². The van der Waals surface area contributed by atoms with Crippen LogP contribution in [0.3, 0.4) is 0 Å². The molecule has 13 heteroatoms. The first kappa shape index (κ1) is 25.2. The van der Waals surface area contributed by atoms with E-state index in [0.29, 0.717) is 18.6 Å². The Bertz CT molecular complexity index is 1310. The van der Waals surface area contributed by atoms with Gasteiger partial charge in [0.05, 0.1) is 11.8 Å². The van der Waals surface area contributed by atoms with Crippen molar-refractivity contribution in [3.05, 3.63) is 62.8 Å². The van der Waals surface area contributed by atoms with Gasteiger partial charge in [-0.15, -0.1) is 0 Å². The van der Waals surface area contributed by atoms with Crippen LogP contribution >= 0.6 is 0 Å². The van der Waals surface area contributed by atoms with E-state index in [2.05, 4.69) is 10.5 Å². The van der Waals surface area contributed by atoms with Gasteiger partial charge in [-0.05, 0) is 13.8 Å². The molecule has 2 N–H and O–H groups in total. The van der Waals surface area contributed by atoms with Gasteiger partial charge in [-0.1, -0.05) is 5.16 Å². The molecule has 0 radical (unpaired) electrons. The second kappa shape index (κ2) is 9.63. The Morgan fingerprint density at radius 1 is 1.25 bits per heavy atom. The maximum absolute atomic E-state index is 15.4. The van der Waals surface area contributed by atoms with Crippen LogP contribution in [0.4, 0.5) is 17.6 Å². The highest BCUT2D eigenvalue weighted by molar-refractivity contribution is 5.99. The number of aromatic hydroxyl groups is 1. The molecule has 2 aliphatic rings. The fourth-order valence-corrected chi connectivity index (χ4v) is 4.24. The summed E-state index contributed by atoms with van der Waals surface area (Å²) in [4.78, 5) is 45.1. The van der Waals surface area contributed by atoms with Crippen molar-refractivity contribution in [1.82, 2.24) is 14.8 Å². The van der Waals surface area contributed by atoms with Crippen LogP contribution in [0.2, 0.25) is 0 Å². The van der Waals surface area contributed by atoms with E-state index in [9.17, 15) is 32.7 Å². The smallest absolute Gasteiger partial charge is 0.274 e. The first-order valence-electron chi connectivity index (χ1n) is 11.0. The van der Waals surface area contributed by atoms with E-state index in [0.717, 1.165) is 10.8 Å². The number of hydrogen-bond acceptors (Lipinski definition) is 6. The summed E-state index contributed by atoms with van der Waals surface area (Å²) < 4.78 is 57.4. The molecule has 0 spiro atoms. The Hall–Kier alpha value is -3.90. The van der Waals surface area contributed by atoms with Crippen LogP contribution in [0.1, 0.15) is 52.7 Å². The fourth-order valence-electron chi connectivity index (χ4n) is 4.24. The number of rotatable bonds is 3. The lowest BCUT2D eigenvalue weighted by molar-refractivity contribution is 0.0438. The molecule has 2 aliphatic heterocycles. The molecule has 0 aliphatic carbocycles. The van der Waals surface area contributed by atoms with Gasteiger partial charge in [0.1, 0.15) is 29.6 Å². The number of benzene rings is 1. The van der Waals surface area contributed by atoms with Crippen molar-refractivity contribution in [2.45, 2.75) is 45.1 Å². The largest absolute Gasteiger partial charge is 0.503 e. The van der Waals surface area contributed by atoms with Crippen LogP contribution in [0.15, 0.2) is 28.3 Å². The van der Waals surface area contributed by atoms with Crippen molar-refractivity contribution in [1.29, 1.82) is 0 Å². The van der Waals surface area contributed by atoms with Gasteiger partial charge in [-0.2, -0.15) is 0 Å². The van der Waals surface area contributed by atoms with Gasteiger partial charge in [0, 0.05) is 49.4 Å². The van der Waals surface area contributed by atoms with Crippen molar-refractivity contribution in [3.8, 4) is 5.75 Å². The van der Waals surface area contributed by atoms with Crippen LogP contribution in [0.25, 0.3) is 0 Å². The Kier molecular flexibility index (Phi) is 6.74. The molecule has 0 fully saturated rings. The van der Waals surface area contributed by atoms with Crippen molar-refractivity contribution >= 4 is 17.5 Å². The second-order valence-corrected chi connectivity index (χ2v) is 8.64. The average molecular weight is 510 g/mol. The van der Waals surface area contributed by atoms with Crippen LogP contribution in [0, 0.1) is 17.5 Å². The van der Waals surface area contributed by atoms with E-state index in [4.69, 9.17) is 4.84 Å². The fraction of sp³-hybridized carbons (Fsp3) is 0.391. The minimum atomic E-state index is -1.81. The minimum Gasteiger partial charge on any atom is -0.503 e. The molecule has 4 rings (SSSR count). The zero-order valence-corrected chi connectivity index (χ0v) is 19.2. The molecular formula is C23H22F4N4O5. The number of fused-ring (bicyclic) bond motifs is 4. The Balaban J connectivity index is 1.75. The molecule has 3 heterocycles. The third-order valence-electron chi connectivity index (χ3n) is 6.30. The normalized spacial score (nSPS) is 23.3. The minimum absolute atomic E-state index is 0.0544. The number of oxime groups is 1. The predicted molar refractivity (Wildman–Crippen MR) is 118 cm³/mol. The van der Waals surface area contributed by atoms with Crippen molar-refractivity contribution < 1.29 is 37.1 Å².